The quantitative estimate of drug-likeness (QED) is 0.865. The van der Waals surface area contributed by atoms with Crippen LogP contribution in [0.1, 0.15) is 5.69 Å². The summed E-state index contributed by atoms with van der Waals surface area (Å²) < 4.78 is 0. The molecule has 1 aromatic heterocycles. The van der Waals surface area contributed by atoms with Crippen molar-refractivity contribution in [2.75, 3.05) is 53.4 Å². The van der Waals surface area contributed by atoms with Crippen molar-refractivity contribution in [2.45, 2.75) is 12.6 Å². The largest absolute Gasteiger partial charge is 0.390 e. The maximum absolute atomic E-state index is 10.4. The zero-order valence-electron chi connectivity index (χ0n) is 14.7. The first-order valence-electron chi connectivity index (χ1n) is 8.72. The standard InChI is InChI=1S/C19H28N4O/c1-21-9-11-23(12-10-21)15-18(24)14-22(2)13-17-8-7-16-5-3-4-6-19(16)20-17/h3-8,18,24H,9-15H2,1-2H3. The normalized spacial score (nSPS) is 18.3. The van der Waals surface area contributed by atoms with Crippen LogP contribution in [0.15, 0.2) is 36.4 Å². The van der Waals surface area contributed by atoms with Crippen LogP contribution in [0.3, 0.4) is 0 Å². The molecule has 1 N–H and O–H groups in total. The summed E-state index contributed by atoms with van der Waals surface area (Å²) in [5.41, 5.74) is 2.07. The Bertz CT molecular complexity index is 655. The molecule has 2 heterocycles. The van der Waals surface area contributed by atoms with Gasteiger partial charge in [0.1, 0.15) is 0 Å². The molecule has 0 spiro atoms. The van der Waals surface area contributed by atoms with E-state index in [1.165, 1.54) is 5.39 Å². The maximum Gasteiger partial charge on any atom is 0.0793 e. The van der Waals surface area contributed by atoms with E-state index < -0.39 is 0 Å². The Kier molecular flexibility index (Phi) is 5.79. The minimum absolute atomic E-state index is 0.320. The minimum atomic E-state index is -0.320. The molecule has 1 aromatic carbocycles. The highest BCUT2D eigenvalue weighted by molar-refractivity contribution is 5.78. The Labute approximate surface area is 144 Å². The van der Waals surface area contributed by atoms with Crippen LogP contribution in [0, 0.1) is 0 Å². The van der Waals surface area contributed by atoms with Gasteiger partial charge < -0.3 is 10.0 Å². The molecular weight excluding hydrogens is 300 g/mol. The molecule has 0 aliphatic carbocycles. The summed E-state index contributed by atoms with van der Waals surface area (Å²) in [6.07, 6.45) is -0.320. The Balaban J connectivity index is 1.49. The van der Waals surface area contributed by atoms with Crippen LogP contribution in [-0.2, 0) is 6.54 Å². The van der Waals surface area contributed by atoms with Crippen molar-refractivity contribution in [3.63, 3.8) is 0 Å². The lowest BCUT2D eigenvalue weighted by atomic mass is 10.2. The molecule has 1 saturated heterocycles. The highest BCUT2D eigenvalue weighted by Gasteiger charge is 2.18. The number of fused-ring (bicyclic) bond motifs is 1. The predicted octanol–water partition coefficient (Wildman–Crippen LogP) is 1.27. The van der Waals surface area contributed by atoms with Crippen molar-refractivity contribution in [3.8, 4) is 0 Å². The number of aliphatic hydroxyl groups excluding tert-OH is 1. The average Bonchev–Trinajstić information content (AvgIpc) is 2.56. The van der Waals surface area contributed by atoms with Crippen molar-refractivity contribution in [3.05, 3.63) is 42.1 Å². The zero-order chi connectivity index (χ0) is 16.9. The third-order valence-electron chi connectivity index (χ3n) is 4.68. The molecule has 0 bridgehead atoms. The third kappa shape index (κ3) is 4.74. The number of likely N-dealkylation sites (N-methyl/N-ethyl adjacent to an activating group) is 2. The highest BCUT2D eigenvalue weighted by atomic mass is 16.3. The molecular formula is C19H28N4O. The summed E-state index contributed by atoms with van der Waals surface area (Å²) in [6, 6.07) is 12.4. The third-order valence-corrected chi connectivity index (χ3v) is 4.68. The number of aliphatic hydroxyl groups is 1. The highest BCUT2D eigenvalue weighted by Crippen LogP contribution is 2.13. The summed E-state index contributed by atoms with van der Waals surface area (Å²) in [6.45, 7) is 6.44. The van der Waals surface area contributed by atoms with Gasteiger partial charge in [0.05, 0.1) is 17.3 Å². The number of hydrogen-bond acceptors (Lipinski definition) is 5. The molecule has 0 radical (unpaired) electrons. The van der Waals surface area contributed by atoms with Gasteiger partial charge in [0.15, 0.2) is 0 Å². The Morgan fingerprint density at radius 1 is 1.12 bits per heavy atom. The van der Waals surface area contributed by atoms with E-state index in [4.69, 9.17) is 4.98 Å². The number of aromatic nitrogens is 1. The molecule has 1 aliphatic heterocycles. The van der Waals surface area contributed by atoms with Gasteiger partial charge in [-0.1, -0.05) is 24.3 Å². The molecule has 130 valence electrons. The zero-order valence-corrected chi connectivity index (χ0v) is 14.7. The fraction of sp³-hybridized carbons (Fsp3) is 0.526. The number of para-hydroxylation sites is 1. The maximum atomic E-state index is 10.4. The predicted molar refractivity (Wildman–Crippen MR) is 98.0 cm³/mol. The molecule has 1 unspecified atom stereocenters. The van der Waals surface area contributed by atoms with Gasteiger partial charge in [-0.25, -0.2) is 0 Å². The number of nitrogens with zero attached hydrogens (tertiary/aromatic N) is 4. The summed E-state index contributed by atoms with van der Waals surface area (Å²) in [5, 5.41) is 11.5. The SMILES string of the molecule is CN1CCN(CC(O)CN(C)Cc2ccc3ccccc3n2)CC1. The molecule has 0 saturated carbocycles. The number of piperazine rings is 1. The van der Waals surface area contributed by atoms with Crippen molar-refractivity contribution < 1.29 is 5.11 Å². The van der Waals surface area contributed by atoms with Gasteiger partial charge in [-0.2, -0.15) is 0 Å². The number of β-amino-alcohol motifs (C(OH)–C–C–N with tert-alkyl or cyclic N) is 1. The van der Waals surface area contributed by atoms with Crippen LogP contribution in [0.4, 0.5) is 0 Å². The molecule has 24 heavy (non-hydrogen) atoms. The van der Waals surface area contributed by atoms with E-state index in [1.54, 1.807) is 0 Å². The van der Waals surface area contributed by atoms with Crippen LogP contribution < -0.4 is 0 Å². The van der Waals surface area contributed by atoms with Gasteiger partial charge in [0, 0.05) is 51.2 Å². The smallest absolute Gasteiger partial charge is 0.0793 e. The molecule has 1 fully saturated rings. The van der Waals surface area contributed by atoms with Crippen LogP contribution in [-0.4, -0.2) is 84.3 Å². The first-order valence-corrected chi connectivity index (χ1v) is 8.72. The Morgan fingerprint density at radius 3 is 2.67 bits per heavy atom. The van der Waals surface area contributed by atoms with E-state index in [9.17, 15) is 5.11 Å². The number of benzene rings is 1. The van der Waals surface area contributed by atoms with Crippen molar-refractivity contribution >= 4 is 10.9 Å². The first-order chi connectivity index (χ1) is 11.6. The van der Waals surface area contributed by atoms with Crippen LogP contribution >= 0.6 is 0 Å². The lowest BCUT2D eigenvalue weighted by Crippen LogP contribution is -2.48. The number of hydrogen-bond donors (Lipinski definition) is 1. The monoisotopic (exact) mass is 328 g/mol. The van der Waals surface area contributed by atoms with Gasteiger partial charge in [-0.3, -0.25) is 14.8 Å². The minimum Gasteiger partial charge on any atom is -0.390 e. The summed E-state index contributed by atoms with van der Waals surface area (Å²) >= 11 is 0. The van der Waals surface area contributed by atoms with Crippen LogP contribution in [0.25, 0.3) is 10.9 Å². The Hall–Kier alpha value is -1.53. The number of pyridine rings is 1. The molecule has 1 aliphatic rings. The van der Waals surface area contributed by atoms with E-state index in [0.29, 0.717) is 6.54 Å². The van der Waals surface area contributed by atoms with Gasteiger partial charge in [0.2, 0.25) is 0 Å². The lowest BCUT2D eigenvalue weighted by Gasteiger charge is -2.34. The van der Waals surface area contributed by atoms with Gasteiger partial charge >= 0.3 is 0 Å². The molecule has 5 heteroatoms. The second-order valence-corrected chi connectivity index (χ2v) is 6.95. The molecule has 1 atom stereocenters. The first kappa shape index (κ1) is 17.3. The topological polar surface area (TPSA) is 42.8 Å². The van der Waals surface area contributed by atoms with Crippen molar-refractivity contribution in [2.24, 2.45) is 0 Å². The fourth-order valence-corrected chi connectivity index (χ4v) is 3.28. The second-order valence-electron chi connectivity index (χ2n) is 6.95. The number of rotatable bonds is 6. The molecule has 3 rings (SSSR count). The average molecular weight is 328 g/mol. The molecule has 5 nitrogen and oxygen atoms in total. The van der Waals surface area contributed by atoms with E-state index >= 15 is 0 Å². The van der Waals surface area contributed by atoms with Crippen LogP contribution in [0.5, 0.6) is 0 Å². The van der Waals surface area contributed by atoms with E-state index in [2.05, 4.69) is 39.9 Å². The summed E-state index contributed by atoms with van der Waals surface area (Å²) in [7, 11) is 4.20. The molecule has 0 amide bonds. The van der Waals surface area contributed by atoms with E-state index in [-0.39, 0.29) is 6.10 Å². The van der Waals surface area contributed by atoms with Gasteiger partial charge in [-0.05, 0) is 26.2 Å². The van der Waals surface area contributed by atoms with Gasteiger partial charge in [-0.15, -0.1) is 0 Å². The van der Waals surface area contributed by atoms with E-state index in [0.717, 1.165) is 50.5 Å². The molecule has 2 aromatic rings. The summed E-state index contributed by atoms with van der Waals surface area (Å²) in [5.74, 6) is 0. The van der Waals surface area contributed by atoms with Crippen molar-refractivity contribution in [1.29, 1.82) is 0 Å². The Morgan fingerprint density at radius 2 is 1.88 bits per heavy atom. The van der Waals surface area contributed by atoms with Crippen molar-refractivity contribution in [1.82, 2.24) is 19.7 Å². The lowest BCUT2D eigenvalue weighted by molar-refractivity contribution is 0.0592. The second kappa shape index (κ2) is 8.03. The van der Waals surface area contributed by atoms with E-state index in [1.807, 2.05) is 25.2 Å². The van der Waals surface area contributed by atoms with Gasteiger partial charge in [0.25, 0.3) is 0 Å². The fourth-order valence-electron chi connectivity index (χ4n) is 3.28. The van der Waals surface area contributed by atoms with Crippen LogP contribution in [0.2, 0.25) is 0 Å². The summed E-state index contributed by atoms with van der Waals surface area (Å²) in [4.78, 5) is 11.5.